The van der Waals surface area contributed by atoms with Crippen LogP contribution in [-0.2, 0) is 16.8 Å². The molecule has 3 aliphatic heterocycles. The van der Waals surface area contributed by atoms with Crippen molar-refractivity contribution in [3.05, 3.63) is 83.2 Å². The maximum Gasteiger partial charge on any atom is 0.246 e. The van der Waals surface area contributed by atoms with Crippen molar-refractivity contribution in [2.24, 2.45) is 0 Å². The molecule has 1 spiro atoms. The molecule has 1 atom stereocenters. The summed E-state index contributed by atoms with van der Waals surface area (Å²) in [5.41, 5.74) is 2.27. The average molecular weight is 389 g/mol. The Labute approximate surface area is 166 Å². The van der Waals surface area contributed by atoms with Crippen LogP contribution in [0.3, 0.4) is 0 Å². The molecule has 0 saturated carbocycles. The van der Waals surface area contributed by atoms with E-state index in [1.54, 1.807) is 17.0 Å². The van der Waals surface area contributed by atoms with E-state index in [-0.39, 0.29) is 31.7 Å². The summed E-state index contributed by atoms with van der Waals surface area (Å²) in [5.74, 6) is 1.46. The van der Waals surface area contributed by atoms with Crippen molar-refractivity contribution in [3.8, 4) is 17.2 Å². The van der Waals surface area contributed by atoms with E-state index in [2.05, 4.69) is 0 Å². The van der Waals surface area contributed by atoms with E-state index in [4.69, 9.17) is 14.2 Å². The molecule has 1 unspecified atom stereocenters. The molecular formula is C23H16FNO4. The van der Waals surface area contributed by atoms with Gasteiger partial charge in [0, 0.05) is 17.3 Å². The van der Waals surface area contributed by atoms with Crippen molar-refractivity contribution in [1.82, 2.24) is 0 Å². The number of amides is 1. The summed E-state index contributed by atoms with van der Waals surface area (Å²) in [6, 6.07) is 17.7. The minimum absolute atomic E-state index is 0.0828. The Morgan fingerprint density at radius 3 is 2.59 bits per heavy atom. The van der Waals surface area contributed by atoms with Gasteiger partial charge in [-0.3, -0.25) is 4.79 Å². The standard InChI is InChI=1S/C23H16FNO4/c24-15-5-3-4-14(8-15)11-25-18-7-2-1-6-16(18)23(22(25)26)12-27-19-10-21-20(9-17(19)23)28-13-29-21/h1-10H,11-13H2. The smallest absolute Gasteiger partial charge is 0.246 e. The van der Waals surface area contributed by atoms with E-state index in [1.807, 2.05) is 36.4 Å². The number of fused-ring (bicyclic) bond motifs is 5. The molecule has 6 heteroatoms. The van der Waals surface area contributed by atoms with Crippen LogP contribution in [0, 0.1) is 5.82 Å². The van der Waals surface area contributed by atoms with Crippen LogP contribution < -0.4 is 19.1 Å². The quantitative estimate of drug-likeness (QED) is 0.669. The summed E-state index contributed by atoms with van der Waals surface area (Å²) in [6.45, 7) is 0.650. The number of hydrogen-bond acceptors (Lipinski definition) is 4. The fraction of sp³-hybridized carbons (Fsp3) is 0.174. The number of hydrogen-bond donors (Lipinski definition) is 0. The number of rotatable bonds is 2. The number of anilines is 1. The molecule has 0 N–H and O–H groups in total. The number of nitrogens with zero attached hydrogens (tertiary/aromatic N) is 1. The highest BCUT2D eigenvalue weighted by Crippen LogP contribution is 2.55. The van der Waals surface area contributed by atoms with Gasteiger partial charge in [-0.05, 0) is 35.4 Å². The first-order chi connectivity index (χ1) is 14.2. The minimum Gasteiger partial charge on any atom is -0.491 e. The van der Waals surface area contributed by atoms with Crippen molar-refractivity contribution in [3.63, 3.8) is 0 Å². The SMILES string of the molecule is O=C1N(Cc2cccc(F)c2)c2ccccc2C12COc1cc3c(cc12)OCO3. The van der Waals surface area contributed by atoms with Gasteiger partial charge in [0.1, 0.15) is 23.6 Å². The van der Waals surface area contributed by atoms with Crippen LogP contribution >= 0.6 is 0 Å². The molecule has 0 radical (unpaired) electrons. The lowest BCUT2D eigenvalue weighted by Gasteiger charge is -2.23. The molecule has 0 fully saturated rings. The molecule has 0 bridgehead atoms. The molecule has 29 heavy (non-hydrogen) atoms. The number of benzene rings is 3. The Bertz CT molecular complexity index is 1180. The van der Waals surface area contributed by atoms with Gasteiger partial charge in [-0.2, -0.15) is 0 Å². The van der Waals surface area contributed by atoms with Crippen molar-refractivity contribution in [2.75, 3.05) is 18.3 Å². The molecule has 0 saturated heterocycles. The summed E-state index contributed by atoms with van der Waals surface area (Å²) >= 11 is 0. The summed E-state index contributed by atoms with van der Waals surface area (Å²) in [4.78, 5) is 15.5. The fourth-order valence-electron chi connectivity index (χ4n) is 4.54. The Hall–Kier alpha value is -3.54. The number of ether oxygens (including phenoxy) is 3. The summed E-state index contributed by atoms with van der Waals surface area (Å²) in [6.07, 6.45) is 0. The van der Waals surface area contributed by atoms with Crippen molar-refractivity contribution >= 4 is 11.6 Å². The Kier molecular flexibility index (Phi) is 3.25. The van der Waals surface area contributed by atoms with Gasteiger partial charge in [-0.25, -0.2) is 4.39 Å². The normalized spacial score (nSPS) is 20.7. The van der Waals surface area contributed by atoms with Crippen LogP contribution in [0.4, 0.5) is 10.1 Å². The van der Waals surface area contributed by atoms with Gasteiger partial charge >= 0.3 is 0 Å². The predicted octanol–water partition coefficient (Wildman–Crippen LogP) is 3.78. The molecule has 1 amide bonds. The molecule has 5 nitrogen and oxygen atoms in total. The lowest BCUT2D eigenvalue weighted by molar-refractivity contribution is -0.122. The molecule has 3 heterocycles. The van der Waals surface area contributed by atoms with Crippen LogP contribution in [0.2, 0.25) is 0 Å². The van der Waals surface area contributed by atoms with Crippen LogP contribution in [0.1, 0.15) is 16.7 Å². The lowest BCUT2D eigenvalue weighted by atomic mass is 9.77. The molecule has 3 aromatic rings. The number of carbonyl (C=O) groups excluding carboxylic acids is 1. The fourth-order valence-corrected chi connectivity index (χ4v) is 4.54. The molecule has 0 aliphatic carbocycles. The van der Waals surface area contributed by atoms with E-state index in [0.29, 0.717) is 17.2 Å². The Morgan fingerprint density at radius 1 is 0.897 bits per heavy atom. The monoisotopic (exact) mass is 389 g/mol. The summed E-state index contributed by atoms with van der Waals surface area (Å²) < 4.78 is 30.7. The van der Waals surface area contributed by atoms with Crippen LogP contribution in [-0.4, -0.2) is 19.3 Å². The third kappa shape index (κ3) is 2.17. The summed E-state index contributed by atoms with van der Waals surface area (Å²) in [5, 5.41) is 0. The minimum atomic E-state index is -0.944. The van der Waals surface area contributed by atoms with Gasteiger partial charge in [0.05, 0.1) is 6.54 Å². The highest BCUT2D eigenvalue weighted by molar-refractivity contribution is 6.11. The number of carbonyl (C=O) groups is 1. The zero-order valence-corrected chi connectivity index (χ0v) is 15.4. The van der Waals surface area contributed by atoms with Gasteiger partial charge < -0.3 is 19.1 Å². The van der Waals surface area contributed by atoms with E-state index >= 15 is 0 Å². The third-order valence-electron chi connectivity index (χ3n) is 5.87. The first-order valence-corrected chi connectivity index (χ1v) is 9.40. The van der Waals surface area contributed by atoms with E-state index in [9.17, 15) is 9.18 Å². The van der Waals surface area contributed by atoms with Gasteiger partial charge in [-0.15, -0.1) is 0 Å². The highest BCUT2D eigenvalue weighted by atomic mass is 19.1. The zero-order chi connectivity index (χ0) is 19.6. The van der Waals surface area contributed by atoms with Gasteiger partial charge in [0.15, 0.2) is 11.5 Å². The second-order valence-electron chi connectivity index (χ2n) is 7.43. The summed E-state index contributed by atoms with van der Waals surface area (Å²) in [7, 11) is 0. The molecule has 144 valence electrons. The Balaban J connectivity index is 1.50. The first-order valence-electron chi connectivity index (χ1n) is 9.40. The second kappa shape index (κ2) is 5.73. The molecule has 3 aliphatic rings. The molecule has 3 aromatic carbocycles. The van der Waals surface area contributed by atoms with Crippen molar-refractivity contribution in [1.29, 1.82) is 0 Å². The predicted molar refractivity (Wildman–Crippen MR) is 103 cm³/mol. The molecule has 6 rings (SSSR count). The average Bonchev–Trinajstić information content (AvgIpc) is 3.40. The molecule has 0 aromatic heterocycles. The highest BCUT2D eigenvalue weighted by Gasteiger charge is 2.57. The maximum atomic E-state index is 13.8. The lowest BCUT2D eigenvalue weighted by Crippen LogP contribution is -2.42. The van der Waals surface area contributed by atoms with E-state index in [0.717, 1.165) is 22.4 Å². The van der Waals surface area contributed by atoms with Crippen LogP contribution in [0.5, 0.6) is 17.2 Å². The number of halogens is 1. The van der Waals surface area contributed by atoms with Gasteiger partial charge in [-0.1, -0.05) is 30.3 Å². The second-order valence-corrected chi connectivity index (χ2v) is 7.43. The largest absolute Gasteiger partial charge is 0.491 e. The third-order valence-corrected chi connectivity index (χ3v) is 5.87. The zero-order valence-electron chi connectivity index (χ0n) is 15.4. The number of para-hydroxylation sites is 1. The van der Waals surface area contributed by atoms with Crippen LogP contribution in [0.15, 0.2) is 60.7 Å². The van der Waals surface area contributed by atoms with E-state index in [1.165, 1.54) is 12.1 Å². The van der Waals surface area contributed by atoms with Gasteiger partial charge in [0.2, 0.25) is 12.7 Å². The first kappa shape index (κ1) is 16.4. The van der Waals surface area contributed by atoms with Gasteiger partial charge in [0.25, 0.3) is 0 Å². The van der Waals surface area contributed by atoms with Crippen molar-refractivity contribution in [2.45, 2.75) is 12.0 Å². The topological polar surface area (TPSA) is 48.0 Å². The van der Waals surface area contributed by atoms with Crippen molar-refractivity contribution < 1.29 is 23.4 Å². The van der Waals surface area contributed by atoms with E-state index < -0.39 is 5.41 Å². The van der Waals surface area contributed by atoms with Crippen LogP contribution in [0.25, 0.3) is 0 Å². The molecular weight excluding hydrogens is 373 g/mol. The maximum absolute atomic E-state index is 13.8. The Morgan fingerprint density at radius 2 is 1.72 bits per heavy atom.